The molecule has 0 saturated carbocycles. The molecule has 0 radical (unpaired) electrons. The average Bonchev–Trinajstić information content (AvgIpc) is 2.72. The Morgan fingerprint density at radius 1 is 1.30 bits per heavy atom. The molecule has 7 heteroatoms. The third-order valence-corrected chi connectivity index (χ3v) is 4.04. The number of benzene rings is 1. The minimum Gasteiger partial charge on any atom is -0.383 e. The molecule has 0 fully saturated rings. The van der Waals surface area contributed by atoms with Gasteiger partial charge in [0.25, 0.3) is 11.8 Å². The van der Waals surface area contributed by atoms with Crippen LogP contribution in [0.5, 0.6) is 0 Å². The van der Waals surface area contributed by atoms with Gasteiger partial charge in [-0.05, 0) is 31.5 Å². The Hall–Kier alpha value is -1.73. The van der Waals surface area contributed by atoms with E-state index in [4.69, 9.17) is 4.74 Å². The lowest BCUT2D eigenvalue weighted by Crippen LogP contribution is -2.36. The number of amides is 3. The number of ether oxygens (including phenoxy) is 1. The number of fused-ring (bicyclic) bond motifs is 1. The van der Waals surface area contributed by atoms with Crippen molar-refractivity contribution in [3.8, 4) is 0 Å². The van der Waals surface area contributed by atoms with Crippen LogP contribution in [0.25, 0.3) is 0 Å². The van der Waals surface area contributed by atoms with Crippen LogP contribution in [-0.2, 0) is 9.53 Å². The molecule has 0 bridgehead atoms. The molecular formula is C16H19BrN2O4. The van der Waals surface area contributed by atoms with Gasteiger partial charge in [-0.3, -0.25) is 19.3 Å². The fraction of sp³-hybridized carbons (Fsp3) is 0.438. The molecule has 124 valence electrons. The second kappa shape index (κ2) is 7.70. The van der Waals surface area contributed by atoms with Crippen molar-refractivity contribution in [1.29, 1.82) is 0 Å². The monoisotopic (exact) mass is 382 g/mol. The molecule has 3 amide bonds. The Balaban J connectivity index is 1.87. The standard InChI is InChI=1S/C16H19BrN2O4/c1-10(9-23-2)18-14(20)4-3-7-19-15(21)12-6-5-11(17)8-13(12)16(19)22/h5-6,8,10H,3-4,7,9H2,1-2H3,(H,18,20)/t10-/m1/s1. The number of imide groups is 1. The molecule has 0 aromatic heterocycles. The number of methoxy groups -OCH3 is 1. The molecule has 1 N–H and O–H groups in total. The molecule has 23 heavy (non-hydrogen) atoms. The minimum absolute atomic E-state index is 0.0656. The number of nitrogens with one attached hydrogen (secondary N) is 1. The van der Waals surface area contributed by atoms with Gasteiger partial charge in [0.15, 0.2) is 0 Å². The summed E-state index contributed by atoms with van der Waals surface area (Å²) in [4.78, 5) is 37.5. The van der Waals surface area contributed by atoms with Gasteiger partial charge >= 0.3 is 0 Å². The number of carbonyl (C=O) groups excluding carboxylic acids is 3. The molecule has 1 atom stereocenters. The van der Waals surface area contributed by atoms with Crippen molar-refractivity contribution in [2.24, 2.45) is 0 Å². The van der Waals surface area contributed by atoms with Crippen LogP contribution in [0, 0.1) is 0 Å². The Morgan fingerprint density at radius 3 is 2.70 bits per heavy atom. The normalized spacial score (nSPS) is 14.8. The number of hydrogen-bond donors (Lipinski definition) is 1. The minimum atomic E-state index is -0.306. The molecule has 1 aliphatic rings. The van der Waals surface area contributed by atoms with Gasteiger partial charge in [-0.1, -0.05) is 15.9 Å². The second-order valence-corrected chi connectivity index (χ2v) is 6.39. The molecule has 0 unspecified atom stereocenters. The van der Waals surface area contributed by atoms with Crippen molar-refractivity contribution >= 4 is 33.7 Å². The fourth-order valence-corrected chi connectivity index (χ4v) is 2.86. The average molecular weight is 383 g/mol. The highest BCUT2D eigenvalue weighted by molar-refractivity contribution is 9.10. The summed E-state index contributed by atoms with van der Waals surface area (Å²) >= 11 is 3.29. The van der Waals surface area contributed by atoms with Crippen molar-refractivity contribution < 1.29 is 19.1 Å². The topological polar surface area (TPSA) is 75.7 Å². The largest absolute Gasteiger partial charge is 0.383 e. The summed E-state index contributed by atoms with van der Waals surface area (Å²) in [5, 5.41) is 2.79. The Labute approximate surface area is 143 Å². The summed E-state index contributed by atoms with van der Waals surface area (Å²) in [5.74, 6) is -0.723. The summed E-state index contributed by atoms with van der Waals surface area (Å²) in [6.07, 6.45) is 0.684. The highest BCUT2D eigenvalue weighted by atomic mass is 79.9. The van der Waals surface area contributed by atoms with E-state index in [0.717, 1.165) is 4.47 Å². The maximum Gasteiger partial charge on any atom is 0.261 e. The number of halogens is 1. The summed E-state index contributed by atoms with van der Waals surface area (Å²) in [5.41, 5.74) is 0.818. The van der Waals surface area contributed by atoms with E-state index in [1.807, 2.05) is 6.92 Å². The van der Waals surface area contributed by atoms with Crippen LogP contribution in [-0.4, -0.2) is 48.9 Å². The van der Waals surface area contributed by atoms with Gasteiger partial charge < -0.3 is 10.1 Å². The van der Waals surface area contributed by atoms with E-state index in [9.17, 15) is 14.4 Å². The maximum absolute atomic E-state index is 12.3. The van der Waals surface area contributed by atoms with Crippen molar-refractivity contribution in [1.82, 2.24) is 10.2 Å². The Bertz CT molecular complexity index is 633. The third kappa shape index (κ3) is 4.17. The summed E-state index contributed by atoms with van der Waals surface area (Å²) < 4.78 is 5.70. The van der Waals surface area contributed by atoms with Gasteiger partial charge in [0.1, 0.15) is 0 Å². The molecule has 2 rings (SSSR count). The fourth-order valence-electron chi connectivity index (χ4n) is 2.50. The van der Waals surface area contributed by atoms with E-state index in [0.29, 0.717) is 24.2 Å². The predicted octanol–water partition coefficient (Wildman–Crippen LogP) is 1.98. The van der Waals surface area contributed by atoms with Gasteiger partial charge in [0.05, 0.1) is 17.7 Å². The van der Waals surface area contributed by atoms with Gasteiger partial charge in [-0.2, -0.15) is 0 Å². The molecule has 0 aliphatic carbocycles. The van der Waals surface area contributed by atoms with Crippen LogP contribution in [0.4, 0.5) is 0 Å². The van der Waals surface area contributed by atoms with Crippen LogP contribution in [0.1, 0.15) is 40.5 Å². The molecule has 6 nitrogen and oxygen atoms in total. The van der Waals surface area contributed by atoms with E-state index < -0.39 is 0 Å². The first-order chi connectivity index (χ1) is 10.9. The van der Waals surface area contributed by atoms with Gasteiger partial charge in [0.2, 0.25) is 5.91 Å². The van der Waals surface area contributed by atoms with Crippen molar-refractivity contribution in [2.75, 3.05) is 20.3 Å². The molecule has 0 saturated heterocycles. The Kier molecular flexibility index (Phi) is 5.90. The lowest BCUT2D eigenvalue weighted by atomic mass is 10.1. The highest BCUT2D eigenvalue weighted by Gasteiger charge is 2.35. The zero-order valence-corrected chi connectivity index (χ0v) is 14.7. The zero-order chi connectivity index (χ0) is 17.0. The number of carbonyl (C=O) groups is 3. The van der Waals surface area contributed by atoms with Crippen LogP contribution in [0.3, 0.4) is 0 Å². The van der Waals surface area contributed by atoms with Crippen LogP contribution in [0.15, 0.2) is 22.7 Å². The summed E-state index contributed by atoms with van der Waals surface area (Å²) in [6.45, 7) is 2.53. The predicted molar refractivity (Wildman–Crippen MR) is 88.2 cm³/mol. The van der Waals surface area contributed by atoms with Gasteiger partial charge in [-0.15, -0.1) is 0 Å². The molecule has 1 aromatic rings. The van der Waals surface area contributed by atoms with E-state index >= 15 is 0 Å². The van der Waals surface area contributed by atoms with Crippen molar-refractivity contribution in [3.63, 3.8) is 0 Å². The van der Waals surface area contributed by atoms with E-state index in [2.05, 4.69) is 21.2 Å². The smallest absolute Gasteiger partial charge is 0.261 e. The van der Waals surface area contributed by atoms with Crippen LogP contribution < -0.4 is 5.32 Å². The molecule has 0 spiro atoms. The number of nitrogens with zero attached hydrogens (tertiary/aromatic N) is 1. The second-order valence-electron chi connectivity index (χ2n) is 5.48. The Morgan fingerprint density at radius 2 is 2.00 bits per heavy atom. The third-order valence-electron chi connectivity index (χ3n) is 3.54. The van der Waals surface area contributed by atoms with Gasteiger partial charge in [-0.25, -0.2) is 0 Å². The van der Waals surface area contributed by atoms with Gasteiger partial charge in [0, 0.05) is 30.6 Å². The number of hydrogen-bond acceptors (Lipinski definition) is 4. The van der Waals surface area contributed by atoms with E-state index in [1.165, 1.54) is 4.90 Å². The zero-order valence-electron chi connectivity index (χ0n) is 13.1. The molecule has 1 heterocycles. The lowest BCUT2D eigenvalue weighted by Gasteiger charge is -2.15. The summed E-state index contributed by atoms with van der Waals surface area (Å²) in [7, 11) is 1.57. The number of rotatable bonds is 7. The quantitative estimate of drug-likeness (QED) is 0.731. The molecule has 1 aromatic carbocycles. The summed E-state index contributed by atoms with van der Waals surface area (Å²) in [6, 6.07) is 4.95. The lowest BCUT2D eigenvalue weighted by molar-refractivity contribution is -0.122. The first-order valence-corrected chi connectivity index (χ1v) is 8.17. The van der Waals surface area contributed by atoms with Crippen molar-refractivity contribution in [3.05, 3.63) is 33.8 Å². The van der Waals surface area contributed by atoms with Crippen molar-refractivity contribution in [2.45, 2.75) is 25.8 Å². The van der Waals surface area contributed by atoms with E-state index in [1.54, 1.807) is 25.3 Å². The van der Waals surface area contributed by atoms with E-state index in [-0.39, 0.29) is 36.7 Å². The first kappa shape index (κ1) is 17.6. The molecule has 1 aliphatic heterocycles. The SMILES string of the molecule is COC[C@@H](C)NC(=O)CCCN1C(=O)c2ccc(Br)cc2C1=O. The highest BCUT2D eigenvalue weighted by Crippen LogP contribution is 2.26. The maximum atomic E-state index is 12.3. The first-order valence-electron chi connectivity index (χ1n) is 7.38. The van der Waals surface area contributed by atoms with Crippen LogP contribution in [0.2, 0.25) is 0 Å². The van der Waals surface area contributed by atoms with Crippen LogP contribution >= 0.6 is 15.9 Å². The molecular weight excluding hydrogens is 364 g/mol.